The maximum absolute atomic E-state index is 10.6. The Hall–Kier alpha value is -0.120. The minimum atomic E-state index is -0.515. The Morgan fingerprint density at radius 2 is 1.53 bits per heavy atom. The molecule has 0 spiro atoms. The summed E-state index contributed by atoms with van der Waals surface area (Å²) >= 11 is 0. The van der Waals surface area contributed by atoms with Gasteiger partial charge in [-0.15, -0.1) is 0 Å². The fourth-order valence-corrected chi connectivity index (χ4v) is 3.18. The summed E-state index contributed by atoms with van der Waals surface area (Å²) in [6.07, 6.45) is 8.68. The molecule has 1 aliphatic heterocycles. The number of hydrogen-bond donors (Lipinski definition) is 3. The highest BCUT2D eigenvalue weighted by Gasteiger charge is 2.52. The van der Waals surface area contributed by atoms with Crippen molar-refractivity contribution < 1.29 is 5.11 Å². The average Bonchev–Trinajstić information content (AvgIpc) is 2.15. The van der Waals surface area contributed by atoms with Crippen molar-refractivity contribution in [2.45, 2.75) is 50.5 Å². The molecule has 1 saturated carbocycles. The highest BCUT2D eigenvalue weighted by Crippen LogP contribution is 2.44. The van der Waals surface area contributed by atoms with Gasteiger partial charge in [-0.1, -0.05) is 32.1 Å². The summed E-state index contributed by atoms with van der Waals surface area (Å²) in [5.41, 5.74) is 5.45. The Labute approximate surface area is 92.4 Å². The van der Waals surface area contributed by atoms with Crippen LogP contribution < -0.4 is 11.1 Å². The number of hydrogen-bond acceptors (Lipinski definition) is 3. The highest BCUT2D eigenvalue weighted by atomic mass is 16.3. The maximum Gasteiger partial charge on any atom is 0.0962 e. The molecule has 0 atom stereocenters. The van der Waals surface area contributed by atoms with Gasteiger partial charge in [-0.05, 0) is 12.8 Å². The van der Waals surface area contributed by atoms with Crippen LogP contribution in [0.5, 0.6) is 0 Å². The molecule has 0 radical (unpaired) electrons. The van der Waals surface area contributed by atoms with Crippen LogP contribution in [0.15, 0.2) is 0 Å². The first-order valence-electron chi connectivity index (χ1n) is 6.36. The fourth-order valence-electron chi connectivity index (χ4n) is 3.18. The number of nitrogens with two attached hydrogens (primary N) is 1. The van der Waals surface area contributed by atoms with Gasteiger partial charge >= 0.3 is 0 Å². The first-order valence-corrected chi connectivity index (χ1v) is 6.36. The smallest absolute Gasteiger partial charge is 0.0962 e. The van der Waals surface area contributed by atoms with Crippen molar-refractivity contribution in [2.24, 2.45) is 11.1 Å². The van der Waals surface area contributed by atoms with Gasteiger partial charge in [0.1, 0.15) is 0 Å². The zero-order chi connectivity index (χ0) is 10.8. The molecular formula is C12H24N2O. The second-order valence-corrected chi connectivity index (χ2v) is 5.39. The molecule has 0 aromatic rings. The van der Waals surface area contributed by atoms with Crippen LogP contribution in [0.3, 0.4) is 0 Å². The van der Waals surface area contributed by atoms with E-state index in [9.17, 15) is 5.11 Å². The van der Waals surface area contributed by atoms with Crippen LogP contribution in [-0.4, -0.2) is 30.3 Å². The molecular weight excluding hydrogens is 188 g/mol. The molecule has 0 amide bonds. The molecule has 1 aliphatic carbocycles. The zero-order valence-electron chi connectivity index (χ0n) is 9.60. The first kappa shape index (κ1) is 11.4. The summed E-state index contributed by atoms with van der Waals surface area (Å²) in [5.74, 6) is 0. The van der Waals surface area contributed by atoms with Crippen LogP contribution in [0.25, 0.3) is 0 Å². The molecule has 2 fully saturated rings. The predicted octanol–water partition coefficient (Wildman–Crippen LogP) is 1.01. The second-order valence-electron chi connectivity index (χ2n) is 5.39. The number of rotatable bonds is 2. The first-order chi connectivity index (χ1) is 7.22. The molecule has 15 heavy (non-hydrogen) atoms. The Kier molecular flexibility index (Phi) is 3.33. The molecule has 2 rings (SSSR count). The average molecular weight is 212 g/mol. The van der Waals surface area contributed by atoms with Gasteiger partial charge in [0.15, 0.2) is 0 Å². The maximum atomic E-state index is 10.6. The molecule has 1 heterocycles. The predicted molar refractivity (Wildman–Crippen MR) is 61.6 cm³/mol. The lowest BCUT2D eigenvalue weighted by molar-refractivity contribution is -0.127. The van der Waals surface area contributed by atoms with Crippen LogP contribution in [-0.2, 0) is 0 Å². The van der Waals surface area contributed by atoms with Crippen molar-refractivity contribution in [3.8, 4) is 0 Å². The molecule has 2 aliphatic rings. The lowest BCUT2D eigenvalue weighted by Gasteiger charge is -2.53. The summed E-state index contributed by atoms with van der Waals surface area (Å²) in [6.45, 7) is 2.12. The van der Waals surface area contributed by atoms with Gasteiger partial charge in [-0.3, -0.25) is 0 Å². The Morgan fingerprint density at radius 3 is 1.93 bits per heavy atom. The molecule has 3 nitrogen and oxygen atoms in total. The molecule has 1 saturated heterocycles. The van der Waals surface area contributed by atoms with E-state index >= 15 is 0 Å². The van der Waals surface area contributed by atoms with E-state index < -0.39 is 5.60 Å². The van der Waals surface area contributed by atoms with Crippen molar-refractivity contribution in [3.05, 3.63) is 0 Å². The van der Waals surface area contributed by atoms with E-state index in [1.165, 1.54) is 32.1 Å². The monoisotopic (exact) mass is 212 g/mol. The van der Waals surface area contributed by atoms with Crippen LogP contribution >= 0.6 is 0 Å². The van der Waals surface area contributed by atoms with E-state index in [-0.39, 0.29) is 5.41 Å². The third kappa shape index (κ3) is 1.93. The van der Waals surface area contributed by atoms with Gasteiger partial charge in [-0.2, -0.15) is 0 Å². The van der Waals surface area contributed by atoms with Gasteiger partial charge in [0, 0.05) is 25.0 Å². The SMILES string of the molecule is NCC1(C2(O)CNC2)CCCCCCC1. The van der Waals surface area contributed by atoms with Crippen LogP contribution in [0.4, 0.5) is 0 Å². The second kappa shape index (κ2) is 4.40. The van der Waals surface area contributed by atoms with E-state index in [1.807, 2.05) is 0 Å². The Bertz CT molecular complexity index is 206. The minimum absolute atomic E-state index is 0.00132. The lowest BCUT2D eigenvalue weighted by atomic mass is 9.62. The van der Waals surface area contributed by atoms with Gasteiger partial charge in [0.05, 0.1) is 5.60 Å². The van der Waals surface area contributed by atoms with E-state index in [2.05, 4.69) is 5.32 Å². The van der Waals surface area contributed by atoms with E-state index in [0.717, 1.165) is 25.9 Å². The Balaban J connectivity index is 2.09. The Morgan fingerprint density at radius 1 is 1.00 bits per heavy atom. The molecule has 88 valence electrons. The van der Waals surface area contributed by atoms with Crippen molar-refractivity contribution in [2.75, 3.05) is 19.6 Å². The fraction of sp³-hybridized carbons (Fsp3) is 1.00. The van der Waals surface area contributed by atoms with Crippen molar-refractivity contribution >= 4 is 0 Å². The van der Waals surface area contributed by atoms with Crippen LogP contribution in [0.2, 0.25) is 0 Å². The molecule has 0 bridgehead atoms. The largest absolute Gasteiger partial charge is 0.387 e. The third-order valence-electron chi connectivity index (χ3n) is 4.52. The molecule has 3 heteroatoms. The molecule has 0 unspecified atom stereocenters. The van der Waals surface area contributed by atoms with Crippen LogP contribution in [0.1, 0.15) is 44.9 Å². The van der Waals surface area contributed by atoms with E-state index in [4.69, 9.17) is 5.73 Å². The standard InChI is InChI=1S/C12H24N2O/c13-8-11(12(15)9-14-10-12)6-4-2-1-3-5-7-11/h14-15H,1-10,13H2. The van der Waals surface area contributed by atoms with Crippen molar-refractivity contribution in [1.82, 2.24) is 5.32 Å². The van der Waals surface area contributed by atoms with Gasteiger partial charge in [0.2, 0.25) is 0 Å². The highest BCUT2D eigenvalue weighted by molar-refractivity contribution is 5.07. The zero-order valence-corrected chi connectivity index (χ0v) is 9.60. The summed E-state index contributed by atoms with van der Waals surface area (Å²) in [5, 5.41) is 13.7. The summed E-state index contributed by atoms with van der Waals surface area (Å²) < 4.78 is 0. The van der Waals surface area contributed by atoms with Gasteiger partial charge < -0.3 is 16.2 Å². The molecule has 0 aromatic heterocycles. The number of β-amino-alcohol motifs (C(OH)–C–C–N with tert-alkyl or cyclic N) is 1. The topological polar surface area (TPSA) is 58.3 Å². The number of nitrogens with one attached hydrogen (secondary N) is 1. The van der Waals surface area contributed by atoms with Crippen molar-refractivity contribution in [1.29, 1.82) is 0 Å². The number of aliphatic hydroxyl groups is 1. The van der Waals surface area contributed by atoms with Crippen molar-refractivity contribution in [3.63, 3.8) is 0 Å². The molecule has 4 N–H and O–H groups in total. The lowest BCUT2D eigenvalue weighted by Crippen LogP contribution is -2.70. The minimum Gasteiger partial charge on any atom is -0.387 e. The summed E-state index contributed by atoms with van der Waals surface area (Å²) in [6, 6.07) is 0. The van der Waals surface area contributed by atoms with Gasteiger partial charge in [0.25, 0.3) is 0 Å². The quantitative estimate of drug-likeness (QED) is 0.640. The van der Waals surface area contributed by atoms with Crippen LogP contribution in [0, 0.1) is 5.41 Å². The normalized spacial score (nSPS) is 30.0. The summed E-state index contributed by atoms with van der Waals surface area (Å²) in [4.78, 5) is 0. The molecule has 0 aromatic carbocycles. The van der Waals surface area contributed by atoms with Gasteiger partial charge in [-0.25, -0.2) is 0 Å². The third-order valence-corrected chi connectivity index (χ3v) is 4.52. The van der Waals surface area contributed by atoms with E-state index in [0.29, 0.717) is 6.54 Å². The van der Waals surface area contributed by atoms with E-state index in [1.54, 1.807) is 0 Å². The summed E-state index contributed by atoms with van der Waals surface area (Å²) in [7, 11) is 0.